The van der Waals surface area contributed by atoms with Crippen molar-refractivity contribution in [2.75, 3.05) is 17.7 Å². The molecule has 0 aliphatic rings. The molecular weight excluding hydrogens is 292 g/mol. The number of aromatic hydroxyl groups is 1. The van der Waals surface area contributed by atoms with Crippen LogP contribution in [0.2, 0.25) is 0 Å². The monoisotopic (exact) mass is 306 g/mol. The zero-order chi connectivity index (χ0) is 13.1. The van der Waals surface area contributed by atoms with E-state index in [0.29, 0.717) is 0 Å². The van der Waals surface area contributed by atoms with Gasteiger partial charge in [-0.05, 0) is 42.0 Å². The van der Waals surface area contributed by atoms with Crippen molar-refractivity contribution in [2.45, 2.75) is 6.54 Å². The number of phenols is 1. The highest BCUT2D eigenvalue weighted by Gasteiger charge is 2.05. The van der Waals surface area contributed by atoms with Gasteiger partial charge < -0.3 is 15.7 Å². The van der Waals surface area contributed by atoms with Gasteiger partial charge in [0.25, 0.3) is 0 Å². The molecule has 0 aromatic heterocycles. The summed E-state index contributed by atoms with van der Waals surface area (Å²) >= 11 is 3.39. The van der Waals surface area contributed by atoms with Crippen LogP contribution < -0.4 is 10.6 Å². The first-order valence-electron chi connectivity index (χ1n) is 5.60. The van der Waals surface area contributed by atoms with E-state index >= 15 is 0 Å². The molecule has 3 nitrogen and oxygen atoms in total. The van der Waals surface area contributed by atoms with Crippen LogP contribution in [0.25, 0.3) is 0 Å². The first-order chi connectivity index (χ1) is 8.56. The lowest BCUT2D eigenvalue weighted by Crippen LogP contribution is -2.17. The largest absolute Gasteiger partial charge is 0.508 e. The molecule has 2 aromatic carbocycles. The van der Waals surface area contributed by atoms with Gasteiger partial charge in [0.1, 0.15) is 5.75 Å². The third-order valence-corrected chi connectivity index (χ3v) is 3.30. The van der Waals surface area contributed by atoms with E-state index in [-0.39, 0.29) is 5.75 Å². The zero-order valence-corrected chi connectivity index (χ0v) is 11.7. The van der Waals surface area contributed by atoms with Crippen LogP contribution >= 0.6 is 15.9 Å². The number of benzene rings is 2. The van der Waals surface area contributed by atoms with E-state index < -0.39 is 0 Å². The number of nitrogens with zero attached hydrogens (tertiary/aromatic N) is 1. The Bertz CT molecular complexity index is 540. The first kappa shape index (κ1) is 12.8. The molecule has 4 heteroatoms. The molecule has 0 bridgehead atoms. The second kappa shape index (κ2) is 5.31. The molecule has 0 spiro atoms. The summed E-state index contributed by atoms with van der Waals surface area (Å²) in [7, 11) is 1.99. The Balaban J connectivity index is 2.15. The molecule has 0 aliphatic heterocycles. The Morgan fingerprint density at radius 1 is 1.17 bits per heavy atom. The van der Waals surface area contributed by atoms with Crippen molar-refractivity contribution in [3.8, 4) is 5.75 Å². The van der Waals surface area contributed by atoms with Crippen LogP contribution in [0.3, 0.4) is 0 Å². The highest BCUT2D eigenvalue weighted by molar-refractivity contribution is 9.10. The number of nitrogens with two attached hydrogens (primary N) is 1. The second-order valence-corrected chi connectivity index (χ2v) is 5.13. The van der Waals surface area contributed by atoms with Crippen LogP contribution in [0, 0.1) is 0 Å². The van der Waals surface area contributed by atoms with Gasteiger partial charge in [-0.1, -0.05) is 22.0 Å². The number of phenolic OH excluding ortho intramolecular Hbond substituents is 1. The van der Waals surface area contributed by atoms with Crippen LogP contribution in [-0.2, 0) is 6.54 Å². The summed E-state index contributed by atoms with van der Waals surface area (Å²) in [5, 5.41) is 9.26. The lowest BCUT2D eigenvalue weighted by Gasteiger charge is -2.20. The SMILES string of the molecule is CN(Cc1ccc(Br)cc1N)c1ccc(O)cc1. The highest BCUT2D eigenvalue weighted by Crippen LogP contribution is 2.23. The quantitative estimate of drug-likeness (QED) is 0.855. The van der Waals surface area contributed by atoms with Gasteiger partial charge >= 0.3 is 0 Å². The predicted octanol–water partition coefficient (Wildman–Crippen LogP) is 3.37. The Labute approximate surface area is 115 Å². The molecule has 0 saturated heterocycles. The smallest absolute Gasteiger partial charge is 0.115 e. The Kier molecular flexibility index (Phi) is 3.77. The molecular formula is C14H15BrN2O. The van der Waals surface area contributed by atoms with E-state index in [0.717, 1.165) is 28.0 Å². The fraction of sp³-hybridized carbons (Fsp3) is 0.143. The van der Waals surface area contributed by atoms with E-state index in [1.54, 1.807) is 12.1 Å². The number of halogens is 1. The lowest BCUT2D eigenvalue weighted by atomic mass is 10.1. The number of hydrogen-bond donors (Lipinski definition) is 2. The molecule has 0 atom stereocenters. The van der Waals surface area contributed by atoms with E-state index in [1.165, 1.54) is 0 Å². The van der Waals surface area contributed by atoms with Crippen molar-refractivity contribution in [1.82, 2.24) is 0 Å². The van der Waals surface area contributed by atoms with E-state index in [2.05, 4.69) is 20.8 Å². The molecule has 2 rings (SSSR count). The van der Waals surface area contributed by atoms with E-state index in [4.69, 9.17) is 5.73 Å². The Hall–Kier alpha value is -1.68. The van der Waals surface area contributed by atoms with Crippen molar-refractivity contribution in [2.24, 2.45) is 0 Å². The predicted molar refractivity (Wildman–Crippen MR) is 78.8 cm³/mol. The summed E-state index contributed by atoms with van der Waals surface area (Å²) in [6.45, 7) is 0.726. The van der Waals surface area contributed by atoms with Gasteiger partial charge in [-0.2, -0.15) is 0 Å². The fourth-order valence-corrected chi connectivity index (χ4v) is 2.14. The van der Waals surface area contributed by atoms with Crippen LogP contribution in [0.1, 0.15) is 5.56 Å². The molecule has 0 aliphatic carbocycles. The fourth-order valence-electron chi connectivity index (χ4n) is 1.76. The van der Waals surface area contributed by atoms with Crippen molar-refractivity contribution >= 4 is 27.3 Å². The van der Waals surface area contributed by atoms with Crippen molar-refractivity contribution in [1.29, 1.82) is 0 Å². The summed E-state index contributed by atoms with van der Waals surface area (Å²) < 4.78 is 0.982. The summed E-state index contributed by atoms with van der Waals surface area (Å²) in [5.41, 5.74) is 8.86. The molecule has 0 radical (unpaired) electrons. The molecule has 0 saturated carbocycles. The lowest BCUT2D eigenvalue weighted by molar-refractivity contribution is 0.475. The average molecular weight is 307 g/mol. The maximum atomic E-state index is 9.26. The number of nitrogen functional groups attached to an aromatic ring is 1. The minimum absolute atomic E-state index is 0.273. The van der Waals surface area contributed by atoms with E-state index in [9.17, 15) is 5.11 Å². The minimum Gasteiger partial charge on any atom is -0.508 e. The Morgan fingerprint density at radius 2 is 1.83 bits per heavy atom. The summed E-state index contributed by atoms with van der Waals surface area (Å²) in [4.78, 5) is 2.08. The molecule has 3 N–H and O–H groups in total. The molecule has 0 amide bonds. The van der Waals surface area contributed by atoms with Gasteiger partial charge in [0.05, 0.1) is 0 Å². The standard InChI is InChI=1S/C14H15BrN2O/c1-17(12-4-6-13(18)7-5-12)9-10-2-3-11(15)8-14(10)16/h2-8,18H,9,16H2,1H3. The molecule has 0 unspecified atom stereocenters. The van der Waals surface area contributed by atoms with Gasteiger partial charge in [0, 0.05) is 29.4 Å². The van der Waals surface area contributed by atoms with Crippen molar-refractivity contribution in [3.63, 3.8) is 0 Å². The normalized spacial score (nSPS) is 10.3. The highest BCUT2D eigenvalue weighted by atomic mass is 79.9. The van der Waals surface area contributed by atoms with Gasteiger partial charge in [0.15, 0.2) is 0 Å². The van der Waals surface area contributed by atoms with Gasteiger partial charge in [-0.25, -0.2) is 0 Å². The maximum absolute atomic E-state index is 9.26. The van der Waals surface area contributed by atoms with E-state index in [1.807, 2.05) is 37.4 Å². The van der Waals surface area contributed by atoms with Gasteiger partial charge in [0.2, 0.25) is 0 Å². The van der Waals surface area contributed by atoms with Crippen LogP contribution in [0.15, 0.2) is 46.9 Å². The van der Waals surface area contributed by atoms with Crippen LogP contribution in [0.5, 0.6) is 5.75 Å². The maximum Gasteiger partial charge on any atom is 0.115 e. The summed E-state index contributed by atoms with van der Waals surface area (Å²) in [6, 6.07) is 13.0. The molecule has 0 heterocycles. The number of hydrogen-bond acceptors (Lipinski definition) is 3. The molecule has 18 heavy (non-hydrogen) atoms. The second-order valence-electron chi connectivity index (χ2n) is 4.22. The van der Waals surface area contributed by atoms with Gasteiger partial charge in [-0.15, -0.1) is 0 Å². The topological polar surface area (TPSA) is 49.5 Å². The first-order valence-corrected chi connectivity index (χ1v) is 6.39. The Morgan fingerprint density at radius 3 is 2.44 bits per heavy atom. The van der Waals surface area contributed by atoms with Crippen molar-refractivity contribution in [3.05, 3.63) is 52.5 Å². The number of rotatable bonds is 3. The van der Waals surface area contributed by atoms with Crippen LogP contribution in [-0.4, -0.2) is 12.2 Å². The summed E-state index contributed by atoms with van der Waals surface area (Å²) in [5.74, 6) is 0.273. The summed E-state index contributed by atoms with van der Waals surface area (Å²) in [6.07, 6.45) is 0. The minimum atomic E-state index is 0.273. The van der Waals surface area contributed by atoms with Gasteiger partial charge in [-0.3, -0.25) is 0 Å². The van der Waals surface area contributed by atoms with Crippen LogP contribution in [0.4, 0.5) is 11.4 Å². The van der Waals surface area contributed by atoms with Crippen molar-refractivity contribution < 1.29 is 5.11 Å². The average Bonchev–Trinajstić information content (AvgIpc) is 2.33. The number of anilines is 2. The zero-order valence-electron chi connectivity index (χ0n) is 10.1. The third-order valence-electron chi connectivity index (χ3n) is 2.81. The molecule has 0 fully saturated rings. The third kappa shape index (κ3) is 2.96. The molecule has 2 aromatic rings. The molecule has 94 valence electrons.